The van der Waals surface area contributed by atoms with Gasteiger partial charge in [0.1, 0.15) is 0 Å². The van der Waals surface area contributed by atoms with E-state index in [1.54, 1.807) is 0 Å². The maximum Gasteiger partial charge on any atom is 0.246 e. The lowest BCUT2D eigenvalue weighted by Crippen LogP contribution is -2.48. The van der Waals surface area contributed by atoms with Gasteiger partial charge in [-0.15, -0.1) is 0 Å². The van der Waals surface area contributed by atoms with Crippen molar-refractivity contribution in [1.82, 2.24) is 10.2 Å². The van der Waals surface area contributed by atoms with Crippen LogP contribution in [0.3, 0.4) is 0 Å². The number of carbonyl (C=O) groups is 1. The summed E-state index contributed by atoms with van der Waals surface area (Å²) in [6.07, 6.45) is 3.84. The second-order valence-corrected chi connectivity index (χ2v) is 3.89. The van der Waals surface area contributed by atoms with Crippen LogP contribution in [0.1, 0.15) is 12.8 Å². The Morgan fingerprint density at radius 2 is 2.38 bits per heavy atom. The number of nitrogens with zero attached hydrogens (tertiary/aromatic N) is 1. The molecular weight excluding hydrogens is 164 g/mol. The van der Waals surface area contributed by atoms with Crippen LogP contribution >= 0.6 is 0 Å². The van der Waals surface area contributed by atoms with Gasteiger partial charge in [-0.3, -0.25) is 4.79 Å². The summed E-state index contributed by atoms with van der Waals surface area (Å²) < 4.78 is 0. The topological polar surface area (TPSA) is 32.3 Å². The molecule has 2 saturated heterocycles. The number of hydrogen-bond acceptors (Lipinski definition) is 2. The Balaban J connectivity index is 1.96. The third kappa shape index (κ3) is 1.61. The standard InChI is InChI=1S/C10H16N2O/c1-2-10(13)12-6-4-8-3-5-11-9(8)7-12/h2,8-9,11H,1,3-7H2. The Morgan fingerprint density at radius 3 is 3.15 bits per heavy atom. The van der Waals surface area contributed by atoms with Gasteiger partial charge in [0, 0.05) is 19.1 Å². The second kappa shape index (κ2) is 3.50. The van der Waals surface area contributed by atoms with E-state index in [0.29, 0.717) is 6.04 Å². The fraction of sp³-hybridized carbons (Fsp3) is 0.700. The summed E-state index contributed by atoms with van der Waals surface area (Å²) in [5.74, 6) is 0.876. The zero-order valence-corrected chi connectivity index (χ0v) is 7.83. The molecule has 0 aromatic rings. The highest BCUT2D eigenvalue weighted by Gasteiger charge is 2.33. The molecule has 2 heterocycles. The van der Waals surface area contributed by atoms with Crippen LogP contribution in [-0.2, 0) is 4.79 Å². The van der Waals surface area contributed by atoms with Crippen LogP contribution in [0.2, 0.25) is 0 Å². The van der Waals surface area contributed by atoms with Crippen LogP contribution in [0.4, 0.5) is 0 Å². The van der Waals surface area contributed by atoms with Crippen LogP contribution in [-0.4, -0.2) is 36.5 Å². The molecular formula is C10H16N2O. The maximum absolute atomic E-state index is 11.3. The van der Waals surface area contributed by atoms with Gasteiger partial charge in [-0.2, -0.15) is 0 Å². The molecule has 0 bridgehead atoms. The molecule has 3 nitrogen and oxygen atoms in total. The zero-order valence-electron chi connectivity index (χ0n) is 7.83. The van der Waals surface area contributed by atoms with Crippen molar-refractivity contribution in [3.05, 3.63) is 12.7 Å². The molecule has 72 valence electrons. The summed E-state index contributed by atoms with van der Waals surface area (Å²) in [4.78, 5) is 13.2. The molecule has 0 radical (unpaired) electrons. The molecule has 13 heavy (non-hydrogen) atoms. The number of amides is 1. The molecule has 0 aromatic carbocycles. The predicted molar refractivity (Wildman–Crippen MR) is 51.3 cm³/mol. The van der Waals surface area contributed by atoms with E-state index in [1.165, 1.54) is 12.5 Å². The quantitative estimate of drug-likeness (QED) is 0.592. The Morgan fingerprint density at radius 1 is 1.54 bits per heavy atom. The Hall–Kier alpha value is -0.830. The number of hydrogen-bond donors (Lipinski definition) is 1. The van der Waals surface area contributed by atoms with E-state index in [-0.39, 0.29) is 5.91 Å². The van der Waals surface area contributed by atoms with Gasteiger partial charge in [0.15, 0.2) is 0 Å². The van der Waals surface area contributed by atoms with Gasteiger partial charge in [-0.05, 0) is 31.4 Å². The van der Waals surface area contributed by atoms with E-state index in [9.17, 15) is 4.79 Å². The van der Waals surface area contributed by atoms with Crippen molar-refractivity contribution < 1.29 is 4.79 Å². The lowest BCUT2D eigenvalue weighted by molar-refractivity contribution is -0.127. The van der Waals surface area contributed by atoms with Crippen molar-refractivity contribution >= 4 is 5.91 Å². The molecule has 3 heteroatoms. The van der Waals surface area contributed by atoms with Crippen LogP contribution < -0.4 is 5.32 Å². The van der Waals surface area contributed by atoms with Crippen molar-refractivity contribution in [1.29, 1.82) is 0 Å². The minimum absolute atomic E-state index is 0.0761. The summed E-state index contributed by atoms with van der Waals surface area (Å²) in [6.45, 7) is 6.41. The van der Waals surface area contributed by atoms with Crippen molar-refractivity contribution in [2.24, 2.45) is 5.92 Å². The number of rotatable bonds is 1. The van der Waals surface area contributed by atoms with E-state index < -0.39 is 0 Å². The van der Waals surface area contributed by atoms with Crippen molar-refractivity contribution in [3.8, 4) is 0 Å². The SMILES string of the molecule is C=CC(=O)N1CCC2CCNC2C1. The highest BCUT2D eigenvalue weighted by Crippen LogP contribution is 2.24. The second-order valence-electron chi connectivity index (χ2n) is 3.89. The van der Waals surface area contributed by atoms with Crippen molar-refractivity contribution in [3.63, 3.8) is 0 Å². The van der Waals surface area contributed by atoms with Gasteiger partial charge in [-0.1, -0.05) is 6.58 Å². The van der Waals surface area contributed by atoms with Crippen LogP contribution in [0.5, 0.6) is 0 Å². The van der Waals surface area contributed by atoms with Crippen LogP contribution in [0, 0.1) is 5.92 Å². The lowest BCUT2D eigenvalue weighted by Gasteiger charge is -2.34. The highest BCUT2D eigenvalue weighted by atomic mass is 16.2. The molecule has 2 rings (SSSR count). The van der Waals surface area contributed by atoms with E-state index >= 15 is 0 Å². The first-order valence-electron chi connectivity index (χ1n) is 4.96. The molecule has 1 N–H and O–H groups in total. The van der Waals surface area contributed by atoms with Gasteiger partial charge in [0.2, 0.25) is 5.91 Å². The molecule has 0 spiro atoms. The smallest absolute Gasteiger partial charge is 0.246 e. The molecule has 1 amide bonds. The van der Waals surface area contributed by atoms with E-state index in [0.717, 1.165) is 32.0 Å². The Kier molecular flexibility index (Phi) is 2.36. The van der Waals surface area contributed by atoms with Crippen LogP contribution in [0.15, 0.2) is 12.7 Å². The normalized spacial score (nSPS) is 32.8. The average molecular weight is 180 g/mol. The zero-order chi connectivity index (χ0) is 9.26. The molecule has 2 aliphatic rings. The van der Waals surface area contributed by atoms with Gasteiger partial charge in [0.05, 0.1) is 0 Å². The average Bonchev–Trinajstić information content (AvgIpc) is 2.63. The third-order valence-electron chi connectivity index (χ3n) is 3.16. The number of likely N-dealkylation sites (tertiary alicyclic amines) is 1. The first kappa shape index (κ1) is 8.75. The summed E-state index contributed by atoms with van der Waals surface area (Å²) >= 11 is 0. The predicted octanol–water partition coefficient (Wildman–Crippen LogP) is 0.383. The summed E-state index contributed by atoms with van der Waals surface area (Å²) in [5.41, 5.74) is 0. The van der Waals surface area contributed by atoms with E-state index in [4.69, 9.17) is 0 Å². The Bertz CT molecular complexity index is 227. The summed E-state index contributed by atoms with van der Waals surface area (Å²) in [5, 5.41) is 3.44. The van der Waals surface area contributed by atoms with E-state index in [2.05, 4.69) is 11.9 Å². The molecule has 0 aliphatic carbocycles. The minimum atomic E-state index is 0.0761. The molecule has 2 aliphatic heterocycles. The van der Waals surface area contributed by atoms with Gasteiger partial charge in [-0.25, -0.2) is 0 Å². The van der Waals surface area contributed by atoms with Gasteiger partial charge in [0.25, 0.3) is 0 Å². The number of fused-ring (bicyclic) bond motifs is 1. The van der Waals surface area contributed by atoms with Gasteiger partial charge < -0.3 is 10.2 Å². The first-order valence-corrected chi connectivity index (χ1v) is 4.96. The van der Waals surface area contributed by atoms with Gasteiger partial charge >= 0.3 is 0 Å². The number of nitrogens with one attached hydrogen (secondary N) is 1. The maximum atomic E-state index is 11.3. The highest BCUT2D eigenvalue weighted by molar-refractivity contribution is 5.87. The largest absolute Gasteiger partial charge is 0.338 e. The first-order chi connectivity index (χ1) is 6.31. The molecule has 2 atom stereocenters. The molecule has 0 aromatic heterocycles. The fourth-order valence-electron chi connectivity index (χ4n) is 2.36. The number of carbonyl (C=O) groups excluding carboxylic acids is 1. The minimum Gasteiger partial charge on any atom is -0.338 e. The molecule has 2 unspecified atom stereocenters. The fourth-order valence-corrected chi connectivity index (χ4v) is 2.36. The summed E-state index contributed by atoms with van der Waals surface area (Å²) in [7, 11) is 0. The van der Waals surface area contributed by atoms with E-state index in [1.807, 2.05) is 4.90 Å². The number of piperidine rings is 1. The molecule has 0 saturated carbocycles. The third-order valence-corrected chi connectivity index (χ3v) is 3.16. The van der Waals surface area contributed by atoms with Crippen LogP contribution in [0.25, 0.3) is 0 Å². The summed E-state index contributed by atoms with van der Waals surface area (Å²) in [6, 6.07) is 0.539. The van der Waals surface area contributed by atoms with Crippen molar-refractivity contribution in [2.75, 3.05) is 19.6 Å². The monoisotopic (exact) mass is 180 g/mol. The lowest BCUT2D eigenvalue weighted by atomic mass is 9.92. The Labute approximate surface area is 78.8 Å². The van der Waals surface area contributed by atoms with Crippen molar-refractivity contribution in [2.45, 2.75) is 18.9 Å². The molecule has 2 fully saturated rings.